The van der Waals surface area contributed by atoms with Crippen molar-refractivity contribution >= 4 is 0 Å². The minimum Gasteiger partial charge on any atom is -0.395 e. The first-order valence-corrected chi connectivity index (χ1v) is 4.41. The van der Waals surface area contributed by atoms with Gasteiger partial charge in [0, 0.05) is 6.42 Å². The number of benzene rings is 1. The van der Waals surface area contributed by atoms with Crippen LogP contribution in [0.15, 0.2) is 18.2 Å². The molecule has 1 rings (SSSR count). The van der Waals surface area contributed by atoms with Gasteiger partial charge in [0.25, 0.3) is 0 Å². The van der Waals surface area contributed by atoms with E-state index in [0.717, 1.165) is 6.07 Å². The van der Waals surface area contributed by atoms with Gasteiger partial charge in [0.15, 0.2) is 0 Å². The Morgan fingerprint density at radius 3 is 2.50 bits per heavy atom. The second-order valence-corrected chi connectivity index (χ2v) is 2.97. The normalized spacial score (nSPS) is 10.8. The lowest BCUT2D eigenvalue weighted by Gasteiger charge is -2.06. The van der Waals surface area contributed by atoms with E-state index in [1.165, 1.54) is 0 Å². The number of hydrogen-bond acceptors (Lipinski definition) is 1. The van der Waals surface area contributed by atoms with Crippen LogP contribution in [-0.2, 0) is 6.18 Å². The molecule has 5 heteroatoms. The highest BCUT2D eigenvalue weighted by Crippen LogP contribution is 2.30. The van der Waals surface area contributed by atoms with E-state index in [4.69, 9.17) is 5.11 Å². The van der Waals surface area contributed by atoms with Crippen LogP contribution in [-0.4, -0.2) is 11.7 Å². The van der Waals surface area contributed by atoms with Crippen LogP contribution in [0.3, 0.4) is 0 Å². The summed E-state index contributed by atoms with van der Waals surface area (Å²) in [6.45, 7) is -0.215. The summed E-state index contributed by atoms with van der Waals surface area (Å²) in [5, 5.41) is 8.42. The molecule has 0 aliphatic heterocycles. The molecule has 0 amide bonds. The molecule has 0 unspecified atom stereocenters. The van der Waals surface area contributed by atoms with Crippen molar-refractivity contribution in [1.29, 1.82) is 0 Å². The van der Waals surface area contributed by atoms with Gasteiger partial charge in [-0.05, 0) is 18.2 Å². The first kappa shape index (κ1) is 12.5. The Hall–Kier alpha value is -1.54. The van der Waals surface area contributed by atoms with E-state index in [9.17, 15) is 17.6 Å². The second kappa shape index (κ2) is 4.99. The summed E-state index contributed by atoms with van der Waals surface area (Å²) in [4.78, 5) is 0. The zero-order valence-corrected chi connectivity index (χ0v) is 8.11. The molecule has 0 radical (unpaired) electrons. The van der Waals surface area contributed by atoms with Gasteiger partial charge in [-0.3, -0.25) is 0 Å². The zero-order valence-electron chi connectivity index (χ0n) is 8.11. The topological polar surface area (TPSA) is 20.2 Å². The van der Waals surface area contributed by atoms with Gasteiger partial charge in [-0.25, -0.2) is 4.39 Å². The van der Waals surface area contributed by atoms with Gasteiger partial charge in [-0.15, -0.1) is 0 Å². The number of aliphatic hydroxyl groups is 1. The van der Waals surface area contributed by atoms with Crippen LogP contribution in [0.5, 0.6) is 0 Å². The van der Waals surface area contributed by atoms with Crippen molar-refractivity contribution in [1.82, 2.24) is 0 Å². The van der Waals surface area contributed by atoms with Crippen molar-refractivity contribution in [2.45, 2.75) is 12.6 Å². The lowest BCUT2D eigenvalue weighted by molar-refractivity contribution is -0.137. The van der Waals surface area contributed by atoms with Gasteiger partial charge in [0.05, 0.1) is 17.7 Å². The first-order chi connectivity index (χ1) is 7.45. The molecule has 86 valence electrons. The van der Waals surface area contributed by atoms with Gasteiger partial charge in [-0.2, -0.15) is 13.2 Å². The van der Waals surface area contributed by atoms with Gasteiger partial charge >= 0.3 is 6.18 Å². The minimum atomic E-state index is -4.51. The molecule has 0 aromatic heterocycles. The molecule has 0 fully saturated rings. The molecular weight excluding hydrogens is 224 g/mol. The quantitative estimate of drug-likeness (QED) is 0.582. The smallest absolute Gasteiger partial charge is 0.395 e. The van der Waals surface area contributed by atoms with E-state index in [2.05, 4.69) is 11.8 Å². The fraction of sp³-hybridized carbons (Fsp3) is 0.273. The van der Waals surface area contributed by atoms with Crippen LogP contribution in [0.2, 0.25) is 0 Å². The fourth-order valence-corrected chi connectivity index (χ4v) is 1.01. The summed E-state index contributed by atoms with van der Waals surface area (Å²) in [7, 11) is 0. The van der Waals surface area contributed by atoms with Crippen molar-refractivity contribution < 1.29 is 22.7 Å². The Balaban J connectivity index is 3.06. The Kier molecular flexibility index (Phi) is 3.91. The average Bonchev–Trinajstić information content (AvgIpc) is 2.19. The molecule has 0 heterocycles. The van der Waals surface area contributed by atoms with Gasteiger partial charge in [-0.1, -0.05) is 11.8 Å². The predicted octanol–water partition coefficient (Wildman–Crippen LogP) is 2.58. The van der Waals surface area contributed by atoms with E-state index >= 15 is 0 Å². The molecule has 1 nitrogen and oxygen atoms in total. The molecule has 16 heavy (non-hydrogen) atoms. The summed E-state index contributed by atoms with van der Waals surface area (Å²) in [5.74, 6) is 3.80. The van der Waals surface area contributed by atoms with E-state index in [1.54, 1.807) is 0 Å². The monoisotopic (exact) mass is 232 g/mol. The standard InChI is InChI=1S/C11H8F4O/c12-10-5-4-9(11(13,14)15)7-8(10)3-1-2-6-16/h4-5,7,16H,2,6H2. The van der Waals surface area contributed by atoms with Crippen molar-refractivity contribution in [2.24, 2.45) is 0 Å². The van der Waals surface area contributed by atoms with E-state index < -0.39 is 17.6 Å². The van der Waals surface area contributed by atoms with Gasteiger partial charge in [0.2, 0.25) is 0 Å². The zero-order chi connectivity index (χ0) is 12.2. The molecule has 0 atom stereocenters. The van der Waals surface area contributed by atoms with Crippen molar-refractivity contribution in [3.8, 4) is 11.8 Å². The number of halogens is 4. The molecule has 1 aromatic rings. The highest BCUT2D eigenvalue weighted by Gasteiger charge is 2.30. The van der Waals surface area contributed by atoms with Gasteiger partial charge < -0.3 is 5.11 Å². The maximum Gasteiger partial charge on any atom is 0.416 e. The van der Waals surface area contributed by atoms with Crippen LogP contribution < -0.4 is 0 Å². The highest BCUT2D eigenvalue weighted by atomic mass is 19.4. The lowest BCUT2D eigenvalue weighted by atomic mass is 10.1. The second-order valence-electron chi connectivity index (χ2n) is 2.97. The molecular formula is C11H8F4O. The minimum absolute atomic E-state index is 0.0929. The fourth-order valence-electron chi connectivity index (χ4n) is 1.01. The summed E-state index contributed by atoms with van der Waals surface area (Å²) in [6, 6.07) is 2.04. The molecule has 0 saturated carbocycles. The van der Waals surface area contributed by atoms with E-state index in [-0.39, 0.29) is 18.6 Å². The third-order valence-corrected chi connectivity index (χ3v) is 1.75. The van der Waals surface area contributed by atoms with Crippen molar-refractivity contribution in [3.05, 3.63) is 35.1 Å². The number of hydrogen-bond donors (Lipinski definition) is 1. The van der Waals surface area contributed by atoms with Crippen LogP contribution in [0.1, 0.15) is 17.5 Å². The predicted molar refractivity (Wildman–Crippen MR) is 50.0 cm³/mol. The van der Waals surface area contributed by atoms with Crippen LogP contribution >= 0.6 is 0 Å². The summed E-state index contributed by atoms with van der Waals surface area (Å²) >= 11 is 0. The molecule has 1 N–H and O–H groups in total. The third-order valence-electron chi connectivity index (χ3n) is 1.75. The summed E-state index contributed by atoms with van der Waals surface area (Å²) < 4.78 is 49.9. The summed E-state index contributed by atoms with van der Waals surface area (Å²) in [5.41, 5.74) is -1.26. The van der Waals surface area contributed by atoms with Crippen molar-refractivity contribution in [3.63, 3.8) is 0 Å². The molecule has 0 saturated heterocycles. The average molecular weight is 232 g/mol. The van der Waals surface area contributed by atoms with Crippen LogP contribution in [0.4, 0.5) is 17.6 Å². The van der Waals surface area contributed by atoms with Gasteiger partial charge in [0.1, 0.15) is 5.82 Å². The van der Waals surface area contributed by atoms with Crippen LogP contribution in [0.25, 0.3) is 0 Å². The number of alkyl halides is 3. The SMILES string of the molecule is OCCC#Cc1cc(C(F)(F)F)ccc1F. The Morgan fingerprint density at radius 1 is 1.25 bits per heavy atom. The lowest BCUT2D eigenvalue weighted by Crippen LogP contribution is -2.05. The summed E-state index contributed by atoms with van der Waals surface area (Å²) in [6.07, 6.45) is -4.42. The van der Waals surface area contributed by atoms with Crippen LogP contribution in [0, 0.1) is 17.7 Å². The number of rotatable bonds is 1. The molecule has 0 spiro atoms. The molecule has 1 aromatic carbocycles. The van der Waals surface area contributed by atoms with Crippen molar-refractivity contribution in [2.75, 3.05) is 6.61 Å². The third kappa shape index (κ3) is 3.24. The Morgan fingerprint density at radius 2 is 1.94 bits per heavy atom. The maximum atomic E-state index is 13.1. The number of aliphatic hydroxyl groups excluding tert-OH is 1. The van der Waals surface area contributed by atoms with E-state index in [0.29, 0.717) is 12.1 Å². The van der Waals surface area contributed by atoms with E-state index in [1.807, 2.05) is 0 Å². The Labute approximate surface area is 89.7 Å². The molecule has 0 bridgehead atoms. The first-order valence-electron chi connectivity index (χ1n) is 4.41. The molecule has 0 aliphatic rings. The molecule has 0 aliphatic carbocycles. The maximum absolute atomic E-state index is 13.1. The largest absolute Gasteiger partial charge is 0.416 e. The highest BCUT2D eigenvalue weighted by molar-refractivity contribution is 5.39. The Bertz CT molecular complexity index is 426.